The van der Waals surface area contributed by atoms with Crippen molar-refractivity contribution < 1.29 is 4.79 Å². The molecule has 0 saturated carbocycles. The molecular formula is C11H18BrClN2OS. The zero-order valence-electron chi connectivity index (χ0n) is 9.79. The van der Waals surface area contributed by atoms with Crippen LogP contribution in [-0.4, -0.2) is 26.0 Å². The molecule has 0 aliphatic carbocycles. The van der Waals surface area contributed by atoms with E-state index < -0.39 is 0 Å². The van der Waals surface area contributed by atoms with E-state index in [9.17, 15) is 4.79 Å². The van der Waals surface area contributed by atoms with Crippen LogP contribution in [0.15, 0.2) is 15.9 Å². The monoisotopic (exact) mass is 340 g/mol. The highest BCUT2D eigenvalue weighted by molar-refractivity contribution is 9.10. The number of amides is 1. The Morgan fingerprint density at radius 2 is 2.24 bits per heavy atom. The van der Waals surface area contributed by atoms with Gasteiger partial charge in [0.25, 0.3) is 0 Å². The summed E-state index contributed by atoms with van der Waals surface area (Å²) < 4.78 is 1.10. The molecule has 98 valence electrons. The molecule has 1 rings (SSSR count). The van der Waals surface area contributed by atoms with E-state index in [-0.39, 0.29) is 18.3 Å². The van der Waals surface area contributed by atoms with Gasteiger partial charge >= 0.3 is 0 Å². The smallest absolute Gasteiger partial charge is 0.220 e. The Morgan fingerprint density at radius 3 is 2.82 bits per heavy atom. The SMILES string of the molecule is CNCCCNC(=O)CCc1cc(Br)cs1.Cl. The van der Waals surface area contributed by atoms with Crippen LogP contribution in [0.5, 0.6) is 0 Å². The molecule has 3 nitrogen and oxygen atoms in total. The van der Waals surface area contributed by atoms with Gasteiger partial charge in [-0.2, -0.15) is 0 Å². The lowest BCUT2D eigenvalue weighted by molar-refractivity contribution is -0.121. The number of aryl methyl sites for hydroxylation is 1. The minimum atomic E-state index is 0. The lowest BCUT2D eigenvalue weighted by atomic mass is 10.2. The molecule has 1 aromatic rings. The second kappa shape index (κ2) is 9.88. The zero-order chi connectivity index (χ0) is 11.8. The number of nitrogens with one attached hydrogen (secondary N) is 2. The number of carbonyl (C=O) groups excluding carboxylic acids is 1. The highest BCUT2D eigenvalue weighted by Gasteiger charge is 2.03. The van der Waals surface area contributed by atoms with Crippen molar-refractivity contribution in [3.63, 3.8) is 0 Å². The number of thiophene rings is 1. The first-order chi connectivity index (χ1) is 7.72. The van der Waals surface area contributed by atoms with E-state index in [0.717, 1.165) is 30.4 Å². The van der Waals surface area contributed by atoms with Crippen molar-refractivity contribution in [2.75, 3.05) is 20.1 Å². The van der Waals surface area contributed by atoms with Gasteiger partial charge in [0, 0.05) is 27.7 Å². The summed E-state index contributed by atoms with van der Waals surface area (Å²) in [6, 6.07) is 2.07. The van der Waals surface area contributed by atoms with Crippen LogP contribution in [0.3, 0.4) is 0 Å². The predicted molar refractivity (Wildman–Crippen MR) is 79.1 cm³/mol. The first-order valence-electron chi connectivity index (χ1n) is 5.36. The Morgan fingerprint density at radius 1 is 1.47 bits per heavy atom. The summed E-state index contributed by atoms with van der Waals surface area (Å²) in [6.45, 7) is 1.70. The summed E-state index contributed by atoms with van der Waals surface area (Å²) in [4.78, 5) is 12.7. The van der Waals surface area contributed by atoms with Gasteiger partial charge in [-0.3, -0.25) is 4.79 Å². The quantitative estimate of drug-likeness (QED) is 0.749. The van der Waals surface area contributed by atoms with Gasteiger partial charge in [0.05, 0.1) is 0 Å². The number of rotatable bonds is 7. The van der Waals surface area contributed by atoms with Crippen molar-refractivity contribution in [3.8, 4) is 0 Å². The molecule has 17 heavy (non-hydrogen) atoms. The summed E-state index contributed by atoms with van der Waals surface area (Å²) >= 11 is 5.09. The Hall–Kier alpha value is -0.100. The Labute approximate surface area is 121 Å². The van der Waals surface area contributed by atoms with Crippen LogP contribution in [-0.2, 0) is 11.2 Å². The van der Waals surface area contributed by atoms with Gasteiger partial charge in [-0.15, -0.1) is 23.7 Å². The Kier molecular flexibility index (Phi) is 9.82. The normalized spacial score (nSPS) is 9.76. The average molecular weight is 342 g/mol. The Bertz CT molecular complexity index is 333. The van der Waals surface area contributed by atoms with Gasteiger partial charge in [-0.05, 0) is 48.4 Å². The average Bonchev–Trinajstić information content (AvgIpc) is 2.68. The molecule has 0 spiro atoms. The molecule has 0 atom stereocenters. The van der Waals surface area contributed by atoms with Crippen LogP contribution in [0.25, 0.3) is 0 Å². The zero-order valence-corrected chi connectivity index (χ0v) is 13.0. The molecule has 1 amide bonds. The van der Waals surface area contributed by atoms with Crippen LogP contribution in [0.4, 0.5) is 0 Å². The number of carbonyl (C=O) groups is 1. The van der Waals surface area contributed by atoms with E-state index in [1.165, 1.54) is 4.88 Å². The van der Waals surface area contributed by atoms with Crippen molar-refractivity contribution in [2.24, 2.45) is 0 Å². The minimum Gasteiger partial charge on any atom is -0.356 e. The molecule has 2 N–H and O–H groups in total. The van der Waals surface area contributed by atoms with E-state index in [0.29, 0.717) is 6.42 Å². The second-order valence-corrected chi connectivity index (χ2v) is 5.45. The van der Waals surface area contributed by atoms with E-state index in [1.807, 2.05) is 12.4 Å². The predicted octanol–water partition coefficient (Wildman–Crippen LogP) is 2.59. The lowest BCUT2D eigenvalue weighted by Gasteiger charge is -2.03. The second-order valence-electron chi connectivity index (χ2n) is 3.54. The van der Waals surface area contributed by atoms with Crippen molar-refractivity contribution in [1.82, 2.24) is 10.6 Å². The number of hydrogen-bond acceptors (Lipinski definition) is 3. The van der Waals surface area contributed by atoms with Gasteiger partial charge in [-0.25, -0.2) is 0 Å². The number of hydrogen-bond donors (Lipinski definition) is 2. The molecule has 6 heteroatoms. The summed E-state index contributed by atoms with van der Waals surface area (Å²) in [5.41, 5.74) is 0. The van der Waals surface area contributed by atoms with E-state index in [2.05, 4.69) is 32.6 Å². The first kappa shape index (κ1) is 16.9. The van der Waals surface area contributed by atoms with Gasteiger partial charge in [-0.1, -0.05) is 0 Å². The highest BCUT2D eigenvalue weighted by Crippen LogP contribution is 2.20. The van der Waals surface area contributed by atoms with E-state index in [1.54, 1.807) is 11.3 Å². The molecular weight excluding hydrogens is 324 g/mol. The molecule has 0 aromatic carbocycles. The van der Waals surface area contributed by atoms with Crippen LogP contribution >= 0.6 is 39.7 Å². The van der Waals surface area contributed by atoms with Crippen molar-refractivity contribution in [3.05, 3.63) is 20.8 Å². The maximum atomic E-state index is 11.4. The maximum absolute atomic E-state index is 11.4. The van der Waals surface area contributed by atoms with Crippen LogP contribution < -0.4 is 10.6 Å². The van der Waals surface area contributed by atoms with E-state index in [4.69, 9.17) is 0 Å². The summed E-state index contributed by atoms with van der Waals surface area (Å²) in [5, 5.41) is 8.00. The van der Waals surface area contributed by atoms with Gasteiger partial charge in [0.1, 0.15) is 0 Å². The van der Waals surface area contributed by atoms with Crippen LogP contribution in [0.1, 0.15) is 17.7 Å². The molecule has 0 unspecified atom stereocenters. The third-order valence-electron chi connectivity index (χ3n) is 2.15. The fraction of sp³-hybridized carbons (Fsp3) is 0.545. The third-order valence-corrected chi connectivity index (χ3v) is 3.90. The molecule has 1 heterocycles. The number of halogens is 2. The fourth-order valence-electron chi connectivity index (χ4n) is 1.30. The molecule has 0 radical (unpaired) electrons. The fourth-order valence-corrected chi connectivity index (χ4v) is 2.76. The summed E-state index contributed by atoms with van der Waals surface area (Å²) in [7, 11) is 1.91. The van der Waals surface area contributed by atoms with E-state index >= 15 is 0 Å². The van der Waals surface area contributed by atoms with Crippen molar-refractivity contribution in [2.45, 2.75) is 19.3 Å². The molecule has 0 aliphatic heterocycles. The molecule has 0 saturated heterocycles. The van der Waals surface area contributed by atoms with Gasteiger partial charge < -0.3 is 10.6 Å². The molecule has 0 fully saturated rings. The van der Waals surface area contributed by atoms with Crippen molar-refractivity contribution >= 4 is 45.6 Å². The molecule has 0 bridgehead atoms. The lowest BCUT2D eigenvalue weighted by Crippen LogP contribution is -2.26. The summed E-state index contributed by atoms with van der Waals surface area (Å²) in [6.07, 6.45) is 2.38. The van der Waals surface area contributed by atoms with Crippen LogP contribution in [0, 0.1) is 0 Å². The Balaban J connectivity index is 0.00000256. The maximum Gasteiger partial charge on any atom is 0.220 e. The highest BCUT2D eigenvalue weighted by atomic mass is 79.9. The van der Waals surface area contributed by atoms with Gasteiger partial charge in [0.2, 0.25) is 5.91 Å². The topological polar surface area (TPSA) is 41.1 Å². The van der Waals surface area contributed by atoms with Gasteiger partial charge in [0.15, 0.2) is 0 Å². The molecule has 1 aromatic heterocycles. The summed E-state index contributed by atoms with van der Waals surface area (Å²) in [5.74, 6) is 0.139. The third kappa shape index (κ3) is 7.76. The largest absolute Gasteiger partial charge is 0.356 e. The minimum absolute atomic E-state index is 0. The van der Waals surface area contributed by atoms with Crippen LogP contribution in [0.2, 0.25) is 0 Å². The standard InChI is InChI=1S/C11H17BrN2OS.ClH/c1-13-5-2-6-14-11(15)4-3-10-7-9(12)8-16-10;/h7-8,13H,2-6H2,1H3,(H,14,15);1H. The first-order valence-corrected chi connectivity index (χ1v) is 7.04. The van der Waals surface area contributed by atoms with Crippen molar-refractivity contribution in [1.29, 1.82) is 0 Å². The molecule has 0 aliphatic rings.